The molecule has 1 aliphatic rings. The molecule has 0 saturated carbocycles. The van der Waals surface area contributed by atoms with Crippen LogP contribution in [0.25, 0.3) is 0 Å². The Balaban J connectivity index is 2.18. The van der Waals surface area contributed by atoms with Crippen molar-refractivity contribution in [2.24, 2.45) is 0 Å². The maximum Gasteiger partial charge on any atom is 0.204 e. The zero-order chi connectivity index (χ0) is 4.41. The van der Waals surface area contributed by atoms with Crippen molar-refractivity contribution in [2.75, 3.05) is 12.4 Å². The smallest absolute Gasteiger partial charge is 0.204 e. The summed E-state index contributed by atoms with van der Waals surface area (Å²) in [5.74, 6) is 0.932. The Kier molecular flexibility index (Phi) is 1.34. The van der Waals surface area contributed by atoms with Gasteiger partial charge in [-0.1, -0.05) is 11.8 Å². The van der Waals surface area contributed by atoms with Crippen molar-refractivity contribution >= 4 is 11.8 Å². The summed E-state index contributed by atoms with van der Waals surface area (Å²) in [6, 6.07) is 0. The molecule has 0 radical (unpaired) electrons. The second kappa shape index (κ2) is 1.82. The number of aliphatic hydroxyl groups is 1. The van der Waals surface area contributed by atoms with Gasteiger partial charge in [-0.15, -0.1) is 0 Å². The summed E-state index contributed by atoms with van der Waals surface area (Å²) in [5, 5.41) is 8.47. The average molecular weight is 106 g/mol. The highest BCUT2D eigenvalue weighted by molar-refractivity contribution is 7.99. The van der Waals surface area contributed by atoms with Gasteiger partial charge in [0.15, 0.2) is 0 Å². The van der Waals surface area contributed by atoms with Gasteiger partial charge in [0.05, 0.1) is 6.61 Å². The third kappa shape index (κ3) is 0.864. The van der Waals surface area contributed by atoms with Crippen LogP contribution in [-0.2, 0) is 4.74 Å². The third-order valence-corrected chi connectivity index (χ3v) is 1.43. The van der Waals surface area contributed by atoms with Crippen LogP contribution in [0, 0.1) is 0 Å². The van der Waals surface area contributed by atoms with E-state index in [4.69, 9.17) is 5.11 Å². The molecule has 1 atom stereocenters. The molecule has 36 valence electrons. The molecule has 6 heavy (non-hydrogen) atoms. The van der Waals surface area contributed by atoms with Crippen molar-refractivity contribution in [2.45, 2.75) is 5.62 Å². The molecule has 0 aromatic carbocycles. The van der Waals surface area contributed by atoms with Crippen LogP contribution in [0.4, 0.5) is 0 Å². The summed E-state index contributed by atoms with van der Waals surface area (Å²) in [5.41, 5.74) is -0.537. The Morgan fingerprint density at radius 3 is 2.83 bits per heavy atom. The Morgan fingerprint density at radius 2 is 2.67 bits per heavy atom. The van der Waals surface area contributed by atoms with Crippen molar-refractivity contribution < 1.29 is 9.84 Å². The third-order valence-electron chi connectivity index (χ3n) is 0.604. The van der Waals surface area contributed by atoms with E-state index in [0.29, 0.717) is 6.61 Å². The highest BCUT2D eigenvalue weighted by Gasteiger charge is 2.09. The first-order valence-electron chi connectivity index (χ1n) is 1.81. The van der Waals surface area contributed by atoms with Crippen molar-refractivity contribution in [3.63, 3.8) is 0 Å². The molecule has 0 amide bonds. The maximum atomic E-state index is 8.47. The largest absolute Gasteiger partial charge is 0.360 e. The Hall–Kier alpha value is 0.270. The summed E-state index contributed by atoms with van der Waals surface area (Å²) in [6.07, 6.45) is 0. The van der Waals surface area contributed by atoms with Gasteiger partial charge < -0.3 is 9.84 Å². The second-order valence-electron chi connectivity index (χ2n) is 1.05. The van der Waals surface area contributed by atoms with Crippen molar-refractivity contribution in [3.8, 4) is 0 Å². The molecule has 1 fully saturated rings. The lowest BCUT2D eigenvalue weighted by Gasteiger charge is -1.92. The predicted molar refractivity (Wildman–Crippen MR) is 24.4 cm³/mol. The molecular formula is C3H6O2S. The van der Waals surface area contributed by atoms with E-state index in [0.717, 1.165) is 5.75 Å². The summed E-state index contributed by atoms with van der Waals surface area (Å²) in [6.45, 7) is 0.700. The molecule has 1 aliphatic heterocycles. The first-order valence-corrected chi connectivity index (χ1v) is 2.86. The van der Waals surface area contributed by atoms with E-state index in [1.165, 1.54) is 11.8 Å². The van der Waals surface area contributed by atoms with Gasteiger partial charge in [-0.3, -0.25) is 0 Å². The Bertz CT molecular complexity index is 42.1. The van der Waals surface area contributed by atoms with Crippen LogP contribution in [0.3, 0.4) is 0 Å². The predicted octanol–water partition coefficient (Wildman–Crippen LogP) is 0.0257. The molecule has 1 unspecified atom stereocenters. The van der Waals surface area contributed by atoms with Crippen LogP contribution in [0.1, 0.15) is 0 Å². The van der Waals surface area contributed by atoms with Crippen LogP contribution >= 0.6 is 11.8 Å². The molecule has 0 aromatic heterocycles. The van der Waals surface area contributed by atoms with Crippen LogP contribution in [0.2, 0.25) is 0 Å². The van der Waals surface area contributed by atoms with Gasteiger partial charge in [-0.2, -0.15) is 0 Å². The molecule has 0 aromatic rings. The van der Waals surface area contributed by atoms with Gasteiger partial charge in [0.25, 0.3) is 0 Å². The van der Waals surface area contributed by atoms with Crippen LogP contribution in [0.5, 0.6) is 0 Å². The quantitative estimate of drug-likeness (QED) is 0.472. The van der Waals surface area contributed by atoms with E-state index in [-0.39, 0.29) is 0 Å². The maximum absolute atomic E-state index is 8.47. The number of ether oxygens (including phenoxy) is 1. The van der Waals surface area contributed by atoms with Gasteiger partial charge in [0.2, 0.25) is 5.62 Å². The highest BCUT2D eigenvalue weighted by Crippen LogP contribution is 2.15. The van der Waals surface area contributed by atoms with E-state index in [1.54, 1.807) is 0 Å². The zero-order valence-electron chi connectivity index (χ0n) is 3.26. The molecule has 3 heteroatoms. The van der Waals surface area contributed by atoms with E-state index in [9.17, 15) is 0 Å². The van der Waals surface area contributed by atoms with Crippen LogP contribution in [0.15, 0.2) is 0 Å². The lowest BCUT2D eigenvalue weighted by atomic mass is 10.9. The molecule has 0 spiro atoms. The lowest BCUT2D eigenvalue weighted by Crippen LogP contribution is -1.95. The molecule has 1 saturated heterocycles. The van der Waals surface area contributed by atoms with Gasteiger partial charge in [0.1, 0.15) is 0 Å². The normalized spacial score (nSPS) is 34.5. The topological polar surface area (TPSA) is 29.5 Å². The van der Waals surface area contributed by atoms with Gasteiger partial charge in [0, 0.05) is 5.75 Å². The van der Waals surface area contributed by atoms with Gasteiger partial charge >= 0.3 is 0 Å². The van der Waals surface area contributed by atoms with E-state index >= 15 is 0 Å². The summed E-state index contributed by atoms with van der Waals surface area (Å²) in [7, 11) is 0. The monoisotopic (exact) mass is 106 g/mol. The number of rotatable bonds is 0. The van der Waals surface area contributed by atoms with Crippen molar-refractivity contribution in [3.05, 3.63) is 0 Å². The number of aliphatic hydroxyl groups excluding tert-OH is 1. The fraction of sp³-hybridized carbons (Fsp3) is 1.00. The zero-order valence-corrected chi connectivity index (χ0v) is 4.07. The summed E-state index contributed by atoms with van der Waals surface area (Å²) < 4.78 is 4.67. The standard InChI is InChI=1S/C3H6O2S/c4-3-5-1-2-6-3/h3-4H,1-2H2. The highest BCUT2D eigenvalue weighted by atomic mass is 32.2. The number of hydrogen-bond acceptors (Lipinski definition) is 3. The molecule has 1 N–H and O–H groups in total. The fourth-order valence-electron chi connectivity index (χ4n) is 0.346. The number of thioether (sulfide) groups is 1. The molecule has 0 bridgehead atoms. The lowest BCUT2D eigenvalue weighted by molar-refractivity contribution is -0.0125. The average Bonchev–Trinajstić information content (AvgIpc) is 1.86. The second-order valence-corrected chi connectivity index (χ2v) is 2.19. The van der Waals surface area contributed by atoms with Crippen molar-refractivity contribution in [1.29, 1.82) is 0 Å². The van der Waals surface area contributed by atoms with Gasteiger partial charge in [-0.05, 0) is 0 Å². The van der Waals surface area contributed by atoms with Crippen LogP contribution in [-0.4, -0.2) is 23.1 Å². The Morgan fingerprint density at radius 1 is 1.83 bits per heavy atom. The first-order chi connectivity index (χ1) is 2.89. The van der Waals surface area contributed by atoms with E-state index in [1.807, 2.05) is 0 Å². The summed E-state index contributed by atoms with van der Waals surface area (Å²) >= 11 is 1.43. The van der Waals surface area contributed by atoms with Crippen molar-refractivity contribution in [1.82, 2.24) is 0 Å². The molecule has 1 heterocycles. The van der Waals surface area contributed by atoms with E-state index < -0.39 is 5.62 Å². The van der Waals surface area contributed by atoms with Gasteiger partial charge in [-0.25, -0.2) is 0 Å². The summed E-state index contributed by atoms with van der Waals surface area (Å²) in [4.78, 5) is 0. The minimum absolute atomic E-state index is 0.537. The first kappa shape index (κ1) is 4.43. The Labute approximate surface area is 40.5 Å². The minimum atomic E-state index is -0.537. The minimum Gasteiger partial charge on any atom is -0.360 e. The molecule has 2 nitrogen and oxygen atoms in total. The molecular weight excluding hydrogens is 100 g/mol. The fourth-order valence-corrected chi connectivity index (χ4v) is 0.933. The SMILES string of the molecule is OC1OCCS1. The molecule has 0 aliphatic carbocycles. The molecule has 1 rings (SSSR count). The van der Waals surface area contributed by atoms with E-state index in [2.05, 4.69) is 4.74 Å². The number of hydrogen-bond donors (Lipinski definition) is 1. The van der Waals surface area contributed by atoms with Crippen LogP contribution < -0.4 is 0 Å².